The maximum atomic E-state index is 12.7. The second-order valence-corrected chi connectivity index (χ2v) is 7.18. The molecule has 4 nitrogen and oxygen atoms in total. The molecule has 1 atom stereocenters. The van der Waals surface area contributed by atoms with Gasteiger partial charge in [-0.2, -0.15) is 0 Å². The fourth-order valence-corrected chi connectivity index (χ4v) is 4.20. The summed E-state index contributed by atoms with van der Waals surface area (Å²) < 4.78 is 0. The van der Waals surface area contributed by atoms with Gasteiger partial charge in [0.15, 0.2) is 0 Å². The Hall–Kier alpha value is -2.27. The van der Waals surface area contributed by atoms with E-state index in [-0.39, 0.29) is 5.78 Å². The normalized spacial score (nSPS) is 17.2. The van der Waals surface area contributed by atoms with Crippen molar-refractivity contribution in [2.75, 3.05) is 5.73 Å². The molecule has 0 saturated heterocycles. The molecular formula is C18H17N3OS. The number of aryl methyl sites for hydroxylation is 1. The Morgan fingerprint density at radius 3 is 3.04 bits per heavy atom. The summed E-state index contributed by atoms with van der Waals surface area (Å²) in [6.07, 6.45) is 4.84. The molecule has 3 heterocycles. The van der Waals surface area contributed by atoms with Gasteiger partial charge in [-0.3, -0.25) is 9.78 Å². The number of thiophene rings is 1. The van der Waals surface area contributed by atoms with E-state index in [1.165, 1.54) is 23.3 Å². The largest absolute Gasteiger partial charge is 0.397 e. The minimum atomic E-state index is -0.127. The van der Waals surface area contributed by atoms with Crippen LogP contribution in [0.4, 0.5) is 5.69 Å². The van der Waals surface area contributed by atoms with Gasteiger partial charge in [-0.15, -0.1) is 11.3 Å². The Labute approximate surface area is 138 Å². The van der Waals surface area contributed by atoms with Crippen LogP contribution in [0.25, 0.3) is 10.2 Å². The van der Waals surface area contributed by atoms with Crippen LogP contribution in [0.1, 0.15) is 40.0 Å². The van der Waals surface area contributed by atoms with Crippen LogP contribution in [-0.2, 0) is 12.8 Å². The number of pyridine rings is 2. The summed E-state index contributed by atoms with van der Waals surface area (Å²) in [6.45, 7) is 2.26. The molecule has 3 aromatic rings. The lowest BCUT2D eigenvalue weighted by Crippen LogP contribution is -2.12. The Kier molecular flexibility index (Phi) is 3.38. The summed E-state index contributed by atoms with van der Waals surface area (Å²) in [6, 6.07) is 7.45. The SMILES string of the molecule is CC1CCc2nc3sc(C(=O)c4ccccn4)c(N)c3cc2C1. The van der Waals surface area contributed by atoms with E-state index in [4.69, 9.17) is 10.7 Å². The standard InChI is InChI=1S/C18H17N3OS/c1-10-5-6-13-11(8-10)9-12-15(19)17(23-18(12)21-13)16(22)14-4-2-3-7-20-14/h2-4,7,9-10H,5-6,8,19H2,1H3. The van der Waals surface area contributed by atoms with Crippen LogP contribution in [0.15, 0.2) is 30.5 Å². The van der Waals surface area contributed by atoms with Gasteiger partial charge < -0.3 is 5.73 Å². The third kappa shape index (κ3) is 2.41. The molecule has 5 heteroatoms. The fourth-order valence-electron chi connectivity index (χ4n) is 3.15. The number of nitrogens with two attached hydrogens (primary N) is 1. The minimum absolute atomic E-state index is 0.127. The number of ketones is 1. The van der Waals surface area contributed by atoms with Crippen LogP contribution in [0, 0.1) is 5.92 Å². The Morgan fingerprint density at radius 1 is 1.39 bits per heavy atom. The maximum Gasteiger partial charge on any atom is 0.223 e. The molecule has 4 rings (SSSR count). The highest BCUT2D eigenvalue weighted by Crippen LogP contribution is 2.37. The van der Waals surface area contributed by atoms with E-state index in [0.29, 0.717) is 22.2 Å². The molecule has 23 heavy (non-hydrogen) atoms. The lowest BCUT2D eigenvalue weighted by Gasteiger charge is -2.20. The average molecular weight is 323 g/mol. The lowest BCUT2D eigenvalue weighted by atomic mass is 9.87. The maximum absolute atomic E-state index is 12.7. The third-order valence-electron chi connectivity index (χ3n) is 4.44. The highest BCUT2D eigenvalue weighted by atomic mass is 32.1. The van der Waals surface area contributed by atoms with Crippen LogP contribution in [-0.4, -0.2) is 15.8 Å². The summed E-state index contributed by atoms with van der Waals surface area (Å²) in [5, 5.41) is 0.905. The first-order chi connectivity index (χ1) is 11.1. The molecule has 1 aliphatic rings. The summed E-state index contributed by atoms with van der Waals surface area (Å²) in [5.74, 6) is 0.550. The van der Waals surface area contributed by atoms with Gasteiger partial charge in [-0.05, 0) is 48.9 Å². The number of anilines is 1. The molecule has 0 radical (unpaired) electrons. The first-order valence-corrected chi connectivity index (χ1v) is 8.61. The van der Waals surface area contributed by atoms with Crippen LogP contribution in [0.5, 0.6) is 0 Å². The van der Waals surface area contributed by atoms with E-state index in [1.54, 1.807) is 18.3 Å². The topological polar surface area (TPSA) is 68.9 Å². The van der Waals surface area contributed by atoms with Gasteiger partial charge in [-0.25, -0.2) is 4.98 Å². The van der Waals surface area contributed by atoms with Crippen molar-refractivity contribution in [2.24, 2.45) is 5.92 Å². The van der Waals surface area contributed by atoms with Gasteiger partial charge in [0.25, 0.3) is 0 Å². The van der Waals surface area contributed by atoms with Crippen molar-refractivity contribution in [2.45, 2.75) is 26.2 Å². The monoisotopic (exact) mass is 323 g/mol. The van der Waals surface area contributed by atoms with Crippen molar-refractivity contribution >= 4 is 33.0 Å². The second-order valence-electron chi connectivity index (χ2n) is 6.18. The molecule has 116 valence electrons. The van der Waals surface area contributed by atoms with Crippen molar-refractivity contribution in [3.63, 3.8) is 0 Å². The van der Waals surface area contributed by atoms with E-state index in [2.05, 4.69) is 18.0 Å². The molecule has 1 aliphatic carbocycles. The fraction of sp³-hybridized carbons (Fsp3) is 0.278. The molecule has 0 bridgehead atoms. The van der Waals surface area contributed by atoms with Crippen molar-refractivity contribution in [3.8, 4) is 0 Å². The van der Waals surface area contributed by atoms with Gasteiger partial charge in [0.1, 0.15) is 15.4 Å². The molecule has 1 unspecified atom stereocenters. The molecule has 0 aromatic carbocycles. The zero-order valence-electron chi connectivity index (χ0n) is 12.9. The van der Waals surface area contributed by atoms with Crippen molar-refractivity contribution in [1.29, 1.82) is 0 Å². The average Bonchev–Trinajstić information content (AvgIpc) is 2.89. The van der Waals surface area contributed by atoms with E-state index in [1.807, 2.05) is 6.07 Å². The van der Waals surface area contributed by atoms with Crippen molar-refractivity contribution in [3.05, 3.63) is 52.3 Å². The number of aromatic nitrogens is 2. The van der Waals surface area contributed by atoms with Crippen LogP contribution in [0.2, 0.25) is 0 Å². The summed E-state index contributed by atoms with van der Waals surface area (Å²) in [7, 11) is 0. The Bertz CT molecular complexity index is 902. The van der Waals surface area contributed by atoms with Gasteiger partial charge in [0.05, 0.1) is 5.69 Å². The molecule has 2 N–H and O–H groups in total. The molecule has 3 aromatic heterocycles. The number of carbonyl (C=O) groups excluding carboxylic acids is 1. The number of nitrogen functional groups attached to an aromatic ring is 1. The summed E-state index contributed by atoms with van der Waals surface area (Å²) in [5.41, 5.74) is 9.66. The highest BCUT2D eigenvalue weighted by Gasteiger charge is 2.23. The molecule has 0 saturated carbocycles. The quantitative estimate of drug-likeness (QED) is 0.731. The molecule has 0 aliphatic heterocycles. The number of hydrogen-bond acceptors (Lipinski definition) is 5. The number of carbonyl (C=O) groups is 1. The first-order valence-electron chi connectivity index (χ1n) is 7.80. The van der Waals surface area contributed by atoms with Gasteiger partial charge in [0, 0.05) is 17.3 Å². The van der Waals surface area contributed by atoms with Crippen molar-refractivity contribution < 1.29 is 4.79 Å². The lowest BCUT2D eigenvalue weighted by molar-refractivity contribution is 0.103. The number of nitrogens with zero attached hydrogens (tertiary/aromatic N) is 2. The Morgan fingerprint density at radius 2 is 2.26 bits per heavy atom. The highest BCUT2D eigenvalue weighted by molar-refractivity contribution is 7.21. The number of fused-ring (bicyclic) bond motifs is 2. The predicted molar refractivity (Wildman–Crippen MR) is 92.9 cm³/mol. The first kappa shape index (κ1) is 14.3. The second kappa shape index (κ2) is 5.42. The van der Waals surface area contributed by atoms with Crippen LogP contribution < -0.4 is 5.73 Å². The minimum Gasteiger partial charge on any atom is -0.397 e. The smallest absolute Gasteiger partial charge is 0.223 e. The molecule has 0 amide bonds. The Balaban J connectivity index is 1.83. The van der Waals surface area contributed by atoms with E-state index < -0.39 is 0 Å². The van der Waals surface area contributed by atoms with E-state index in [0.717, 1.165) is 28.8 Å². The van der Waals surface area contributed by atoms with Crippen LogP contribution >= 0.6 is 11.3 Å². The molecular weight excluding hydrogens is 306 g/mol. The van der Waals surface area contributed by atoms with Gasteiger partial charge in [-0.1, -0.05) is 13.0 Å². The summed E-state index contributed by atoms with van der Waals surface area (Å²) >= 11 is 1.37. The number of hydrogen-bond donors (Lipinski definition) is 1. The zero-order chi connectivity index (χ0) is 16.0. The third-order valence-corrected chi connectivity index (χ3v) is 5.55. The zero-order valence-corrected chi connectivity index (χ0v) is 13.7. The van der Waals surface area contributed by atoms with E-state index >= 15 is 0 Å². The van der Waals surface area contributed by atoms with Crippen LogP contribution in [0.3, 0.4) is 0 Å². The van der Waals surface area contributed by atoms with E-state index in [9.17, 15) is 4.79 Å². The summed E-state index contributed by atoms with van der Waals surface area (Å²) in [4.78, 5) is 23.0. The number of rotatable bonds is 2. The van der Waals surface area contributed by atoms with Crippen molar-refractivity contribution in [1.82, 2.24) is 9.97 Å². The molecule has 0 spiro atoms. The molecule has 0 fully saturated rings. The van der Waals surface area contributed by atoms with Gasteiger partial charge in [0.2, 0.25) is 5.78 Å². The predicted octanol–water partition coefficient (Wildman–Crippen LogP) is 3.63. The van der Waals surface area contributed by atoms with Gasteiger partial charge >= 0.3 is 0 Å².